The molecule has 1 saturated heterocycles. The van der Waals surface area contributed by atoms with Crippen LogP contribution in [-0.4, -0.2) is 40.2 Å². The van der Waals surface area contributed by atoms with Crippen LogP contribution in [0.25, 0.3) is 11.1 Å². The third kappa shape index (κ3) is 4.53. The van der Waals surface area contributed by atoms with Gasteiger partial charge in [0.2, 0.25) is 5.95 Å². The second-order valence-corrected chi connectivity index (χ2v) is 7.56. The Bertz CT molecular complexity index is 1070. The number of aryl methyl sites for hydroxylation is 1. The molecule has 154 valence electrons. The molecule has 3 aromatic rings. The molecule has 30 heavy (non-hydrogen) atoms. The van der Waals surface area contributed by atoms with Crippen LogP contribution in [0, 0.1) is 6.92 Å². The van der Waals surface area contributed by atoms with E-state index in [4.69, 9.17) is 16.3 Å². The SMILES string of the molecule is Cc1cccc(CNc2ncc(-c3cc(OC4CNC4)c(Cl)c(C(=O)O)c3)cn2)c1. The van der Waals surface area contributed by atoms with Crippen LogP contribution in [-0.2, 0) is 6.54 Å². The minimum absolute atomic E-state index is 0.0156. The van der Waals surface area contributed by atoms with E-state index in [1.807, 2.05) is 25.1 Å². The van der Waals surface area contributed by atoms with Gasteiger partial charge in [0.25, 0.3) is 0 Å². The number of hydrogen-bond acceptors (Lipinski definition) is 6. The Kier molecular flexibility index (Phi) is 5.83. The molecule has 8 heteroatoms. The standard InChI is InChI=1S/C22H21ClN4O3/c1-13-3-2-4-14(5-13)8-25-22-26-9-16(10-27-22)15-6-18(21(28)29)20(23)19(7-15)30-17-11-24-12-17/h2-7,9-10,17,24H,8,11-12H2,1H3,(H,28,29)(H,25,26,27). The van der Waals surface area contributed by atoms with E-state index < -0.39 is 5.97 Å². The number of carboxylic acid groups (broad SMARTS) is 1. The van der Waals surface area contributed by atoms with E-state index in [-0.39, 0.29) is 16.7 Å². The van der Waals surface area contributed by atoms with Crippen LogP contribution in [0.15, 0.2) is 48.8 Å². The number of aromatic carboxylic acids is 1. The van der Waals surface area contributed by atoms with Crippen LogP contribution < -0.4 is 15.4 Å². The van der Waals surface area contributed by atoms with Crippen LogP contribution in [0.5, 0.6) is 5.75 Å². The van der Waals surface area contributed by atoms with E-state index in [1.54, 1.807) is 18.5 Å². The first kappa shape index (κ1) is 20.1. The molecule has 1 fully saturated rings. The highest BCUT2D eigenvalue weighted by Gasteiger charge is 2.23. The highest BCUT2D eigenvalue weighted by molar-refractivity contribution is 6.35. The first-order valence-electron chi connectivity index (χ1n) is 9.55. The Morgan fingerprint density at radius 1 is 1.23 bits per heavy atom. The number of halogens is 1. The van der Waals surface area contributed by atoms with Crippen molar-refractivity contribution in [3.63, 3.8) is 0 Å². The fourth-order valence-electron chi connectivity index (χ4n) is 3.10. The van der Waals surface area contributed by atoms with Crippen molar-refractivity contribution < 1.29 is 14.6 Å². The number of nitrogens with one attached hydrogen (secondary N) is 2. The maximum atomic E-state index is 11.6. The smallest absolute Gasteiger partial charge is 0.337 e. The van der Waals surface area contributed by atoms with Gasteiger partial charge >= 0.3 is 5.97 Å². The van der Waals surface area contributed by atoms with Gasteiger partial charge in [-0.15, -0.1) is 0 Å². The van der Waals surface area contributed by atoms with Gasteiger partial charge in [0.05, 0.1) is 10.6 Å². The third-order valence-electron chi connectivity index (χ3n) is 4.83. The van der Waals surface area contributed by atoms with Crippen molar-refractivity contribution in [2.24, 2.45) is 0 Å². The lowest BCUT2D eigenvalue weighted by Crippen LogP contribution is -2.50. The van der Waals surface area contributed by atoms with E-state index in [2.05, 4.69) is 26.7 Å². The van der Waals surface area contributed by atoms with Crippen molar-refractivity contribution in [2.45, 2.75) is 19.6 Å². The number of aromatic nitrogens is 2. The van der Waals surface area contributed by atoms with Crippen molar-refractivity contribution in [1.82, 2.24) is 15.3 Å². The summed E-state index contributed by atoms with van der Waals surface area (Å²) >= 11 is 6.26. The van der Waals surface area contributed by atoms with Gasteiger partial charge in [-0.25, -0.2) is 14.8 Å². The highest BCUT2D eigenvalue weighted by atomic mass is 35.5. The first-order chi connectivity index (χ1) is 14.5. The summed E-state index contributed by atoms with van der Waals surface area (Å²) in [5.74, 6) is -0.278. The van der Waals surface area contributed by atoms with Crippen LogP contribution in [0.3, 0.4) is 0 Å². The summed E-state index contributed by atoms with van der Waals surface area (Å²) in [6.07, 6.45) is 3.27. The lowest BCUT2D eigenvalue weighted by molar-refractivity contribution is 0.0695. The Morgan fingerprint density at radius 2 is 2.00 bits per heavy atom. The van der Waals surface area contributed by atoms with Gasteiger partial charge in [0.1, 0.15) is 11.9 Å². The van der Waals surface area contributed by atoms with E-state index in [9.17, 15) is 9.90 Å². The molecule has 0 spiro atoms. The predicted molar refractivity (Wildman–Crippen MR) is 115 cm³/mol. The molecule has 0 unspecified atom stereocenters. The summed E-state index contributed by atoms with van der Waals surface area (Å²) in [5.41, 5.74) is 3.62. The van der Waals surface area contributed by atoms with E-state index in [0.717, 1.165) is 5.56 Å². The van der Waals surface area contributed by atoms with Crippen molar-refractivity contribution in [3.8, 4) is 16.9 Å². The van der Waals surface area contributed by atoms with Crippen molar-refractivity contribution >= 4 is 23.5 Å². The largest absolute Gasteiger partial charge is 0.486 e. The van der Waals surface area contributed by atoms with Gasteiger partial charge < -0.3 is 20.5 Å². The number of carboxylic acids is 1. The molecule has 0 radical (unpaired) electrons. The third-order valence-corrected chi connectivity index (χ3v) is 5.22. The lowest BCUT2D eigenvalue weighted by Gasteiger charge is -2.28. The Labute approximate surface area is 179 Å². The average molecular weight is 425 g/mol. The van der Waals surface area contributed by atoms with E-state index in [1.165, 1.54) is 11.6 Å². The molecule has 0 aliphatic carbocycles. The maximum absolute atomic E-state index is 11.6. The monoisotopic (exact) mass is 424 g/mol. The molecule has 2 aromatic carbocycles. The summed E-state index contributed by atoms with van der Waals surface area (Å²) in [4.78, 5) is 20.3. The van der Waals surface area contributed by atoms with Gasteiger partial charge in [-0.05, 0) is 30.2 Å². The summed E-state index contributed by atoms with van der Waals surface area (Å²) in [6.45, 7) is 4.06. The molecule has 7 nitrogen and oxygen atoms in total. The molecule has 2 heterocycles. The maximum Gasteiger partial charge on any atom is 0.337 e. The highest BCUT2D eigenvalue weighted by Crippen LogP contribution is 2.35. The van der Waals surface area contributed by atoms with Crippen LogP contribution in [0.4, 0.5) is 5.95 Å². The molecule has 0 atom stereocenters. The number of nitrogens with zero attached hydrogens (tertiary/aromatic N) is 2. The topological polar surface area (TPSA) is 96.4 Å². The normalized spacial score (nSPS) is 13.5. The van der Waals surface area contributed by atoms with Crippen molar-refractivity contribution in [2.75, 3.05) is 18.4 Å². The fourth-order valence-corrected chi connectivity index (χ4v) is 3.34. The molecule has 1 aliphatic heterocycles. The average Bonchev–Trinajstić information content (AvgIpc) is 2.70. The number of hydrogen-bond donors (Lipinski definition) is 3. The molecule has 1 aromatic heterocycles. The Hall–Kier alpha value is -3.16. The molecule has 0 bridgehead atoms. The molecule has 3 N–H and O–H groups in total. The molecular formula is C22H21ClN4O3. The molecule has 4 rings (SSSR count). The zero-order valence-corrected chi connectivity index (χ0v) is 17.1. The molecule has 1 aliphatic rings. The summed E-state index contributed by atoms with van der Waals surface area (Å²) < 4.78 is 5.84. The number of benzene rings is 2. The van der Waals surface area contributed by atoms with Gasteiger partial charge in [-0.2, -0.15) is 0 Å². The molecule has 0 saturated carbocycles. The van der Waals surface area contributed by atoms with Crippen molar-refractivity contribution in [3.05, 3.63) is 70.5 Å². The minimum Gasteiger partial charge on any atom is -0.486 e. The molecule has 0 amide bonds. The number of anilines is 1. The zero-order chi connectivity index (χ0) is 21.1. The van der Waals surface area contributed by atoms with Gasteiger partial charge in [0.15, 0.2) is 0 Å². The van der Waals surface area contributed by atoms with Crippen molar-refractivity contribution in [1.29, 1.82) is 0 Å². The van der Waals surface area contributed by atoms with Gasteiger partial charge in [-0.1, -0.05) is 41.4 Å². The van der Waals surface area contributed by atoms with E-state index in [0.29, 0.717) is 42.5 Å². The summed E-state index contributed by atoms with van der Waals surface area (Å²) in [7, 11) is 0. The van der Waals surface area contributed by atoms with Crippen LogP contribution in [0.2, 0.25) is 5.02 Å². The van der Waals surface area contributed by atoms with E-state index >= 15 is 0 Å². The predicted octanol–water partition coefficient (Wildman–Crippen LogP) is 3.77. The first-order valence-corrected chi connectivity index (χ1v) is 9.93. The fraction of sp³-hybridized carbons (Fsp3) is 0.227. The van der Waals surface area contributed by atoms with Gasteiger partial charge in [0, 0.05) is 37.6 Å². The summed E-state index contributed by atoms with van der Waals surface area (Å²) in [6, 6.07) is 11.4. The Balaban J connectivity index is 1.54. The Morgan fingerprint density at radius 3 is 2.63 bits per heavy atom. The second-order valence-electron chi connectivity index (χ2n) is 7.18. The van der Waals surface area contributed by atoms with Crippen LogP contribution in [0.1, 0.15) is 21.5 Å². The van der Waals surface area contributed by atoms with Gasteiger partial charge in [-0.3, -0.25) is 0 Å². The number of rotatable bonds is 7. The quantitative estimate of drug-likeness (QED) is 0.531. The number of ether oxygens (including phenoxy) is 1. The minimum atomic E-state index is -1.12. The molecular weight excluding hydrogens is 404 g/mol. The zero-order valence-electron chi connectivity index (χ0n) is 16.4. The number of carbonyl (C=O) groups is 1. The lowest BCUT2D eigenvalue weighted by atomic mass is 10.0. The van der Waals surface area contributed by atoms with Crippen LogP contribution >= 0.6 is 11.6 Å². The second kappa shape index (κ2) is 8.69. The summed E-state index contributed by atoms with van der Waals surface area (Å²) in [5, 5.41) is 15.9.